The van der Waals surface area contributed by atoms with Gasteiger partial charge in [0.2, 0.25) is 11.7 Å². The summed E-state index contributed by atoms with van der Waals surface area (Å²) < 4.78 is 39.8. The molecule has 20 nitrogen and oxygen atoms in total. The third kappa shape index (κ3) is 4.43. The lowest BCUT2D eigenvalue weighted by Gasteiger charge is -2.35. The first-order valence-electron chi connectivity index (χ1n) is 12.0. The number of ether oxygens (including phenoxy) is 2. The van der Waals surface area contributed by atoms with Gasteiger partial charge >= 0.3 is 6.72 Å². The molecule has 2 aliphatic rings. The van der Waals surface area contributed by atoms with Crippen LogP contribution in [0.1, 0.15) is 0 Å². The summed E-state index contributed by atoms with van der Waals surface area (Å²) in [6.07, 6.45) is -4.07. The minimum Gasteiger partial charge on any atom is -0.394 e. The topological polar surface area (TPSA) is 290 Å². The number of H-pyrrole nitrogens is 1. The third-order valence-corrected chi connectivity index (χ3v) is 8.49. The molecule has 0 saturated carbocycles. The zero-order valence-electron chi connectivity index (χ0n) is 21.1. The second kappa shape index (κ2) is 10.2. The largest absolute Gasteiger partial charge is 0.394 e. The van der Waals surface area contributed by atoms with Crippen LogP contribution in [0, 0.1) is 0 Å². The monoisotopic (exact) mass is 631 g/mol. The highest BCUT2D eigenvalue weighted by atomic mass is 32.5. The number of aromatic amines is 1. The van der Waals surface area contributed by atoms with Gasteiger partial charge in [0.05, 0.1) is 26.1 Å². The first-order valence-corrected chi connectivity index (χ1v) is 14.6. The molecule has 9 N–H and O–H groups in total. The molecule has 0 amide bonds. The predicted octanol–water partition coefficient (Wildman–Crippen LogP) is -3.44. The smallest absolute Gasteiger partial charge is 0.326 e. The number of nitrogens with zero attached hydrogens (tertiary/aromatic N) is 8. The molecule has 2 fully saturated rings. The van der Waals surface area contributed by atoms with Crippen LogP contribution in [0.2, 0.25) is 0 Å². The lowest BCUT2D eigenvalue weighted by molar-refractivity contribution is -0.101. The van der Waals surface area contributed by atoms with E-state index in [-0.39, 0.29) is 34.1 Å². The number of anilines is 2. The van der Waals surface area contributed by atoms with E-state index in [2.05, 4.69) is 35.2 Å². The summed E-state index contributed by atoms with van der Waals surface area (Å²) >= 11 is 5.17. The highest BCUT2D eigenvalue weighted by molar-refractivity contribution is 8.07. The van der Waals surface area contributed by atoms with E-state index in [0.717, 1.165) is 17.2 Å². The fourth-order valence-corrected chi connectivity index (χ4v) is 6.41. The Labute approximate surface area is 237 Å². The van der Waals surface area contributed by atoms with E-state index in [1.165, 1.54) is 0 Å². The lowest BCUT2D eigenvalue weighted by Crippen LogP contribution is -2.49. The van der Waals surface area contributed by atoms with Crippen molar-refractivity contribution in [2.45, 2.75) is 35.9 Å². The van der Waals surface area contributed by atoms with E-state index >= 15 is 4.39 Å². The Balaban J connectivity index is 1.25. The highest BCUT2D eigenvalue weighted by Gasteiger charge is 2.57. The number of halogens is 1. The Bertz CT molecular complexity index is 1770. The Morgan fingerprint density at radius 1 is 1.17 bits per heavy atom. The molecule has 6 heterocycles. The van der Waals surface area contributed by atoms with Crippen LogP contribution in [-0.2, 0) is 41.8 Å². The Morgan fingerprint density at radius 3 is 2.67 bits per heavy atom. The molecule has 7 atom stereocenters. The molecule has 23 heteroatoms. The van der Waals surface area contributed by atoms with E-state index in [9.17, 15) is 25.0 Å². The summed E-state index contributed by atoms with van der Waals surface area (Å²) in [6, 6.07) is 0. The molecule has 0 aliphatic carbocycles. The maximum atomic E-state index is 16.0. The van der Waals surface area contributed by atoms with Gasteiger partial charge < -0.3 is 45.7 Å². The molecule has 4 aromatic rings. The number of hydrogen-bond acceptors (Lipinski definition) is 17. The summed E-state index contributed by atoms with van der Waals surface area (Å²) in [7, 11) is 0. The predicted molar refractivity (Wildman–Crippen MR) is 139 cm³/mol. The van der Waals surface area contributed by atoms with E-state index in [1.807, 2.05) is 0 Å². The van der Waals surface area contributed by atoms with Crippen LogP contribution in [0.3, 0.4) is 0 Å². The fourth-order valence-electron chi connectivity index (χ4n) is 4.81. The van der Waals surface area contributed by atoms with E-state index in [4.69, 9.17) is 41.8 Å². The third-order valence-electron chi connectivity index (χ3n) is 6.93. The first-order chi connectivity index (χ1) is 19.9. The number of imidazole rings is 1. The number of hydrogen-bond donors (Lipinski definition) is 7. The standard InChI is InChI=1S/C19H23FN11O9PS/c20-18(31-14-9(28-29-31)13(21)23-5-24-14)3-37-8(11(18)33)2-39-41(36,42)40-19(4-38-7(1-32)12(19)34)30-6-25-10-15(30)26-17(22)27-16(10)35/h5-8,11-12,32-34H,1-4H2,(H,36,42)(H2,21,23,24)(H3,22,26,27,35)/t7-,8-,11-,12-,18-,19?,41?/m1/s1. The van der Waals surface area contributed by atoms with Crippen LogP contribution >= 0.6 is 6.72 Å². The van der Waals surface area contributed by atoms with Gasteiger partial charge in [0, 0.05) is 0 Å². The maximum Gasteiger partial charge on any atom is 0.326 e. The van der Waals surface area contributed by atoms with Crippen LogP contribution in [0.4, 0.5) is 16.2 Å². The van der Waals surface area contributed by atoms with Gasteiger partial charge in [-0.3, -0.25) is 18.9 Å². The van der Waals surface area contributed by atoms with Crippen molar-refractivity contribution in [3.8, 4) is 0 Å². The van der Waals surface area contributed by atoms with Crippen molar-refractivity contribution in [3.05, 3.63) is 23.0 Å². The highest BCUT2D eigenvalue weighted by Crippen LogP contribution is 2.53. The van der Waals surface area contributed by atoms with Crippen LogP contribution < -0.4 is 17.0 Å². The molecule has 2 saturated heterocycles. The normalized spacial score (nSPS) is 31.3. The quantitative estimate of drug-likeness (QED) is 0.0930. The van der Waals surface area contributed by atoms with Crippen molar-refractivity contribution in [2.75, 3.05) is 37.9 Å². The molecular weight excluding hydrogens is 608 g/mol. The molecular formula is C19H23FN11O9PS. The van der Waals surface area contributed by atoms with E-state index < -0.39 is 74.6 Å². The van der Waals surface area contributed by atoms with Crippen molar-refractivity contribution in [2.24, 2.45) is 0 Å². The Hall–Kier alpha value is -3.31. The number of fused-ring (bicyclic) bond motifs is 2. The molecule has 0 bridgehead atoms. The summed E-state index contributed by atoms with van der Waals surface area (Å²) in [5.41, 5.74) is 8.16. The van der Waals surface area contributed by atoms with Gasteiger partial charge in [-0.05, 0) is 11.8 Å². The second-order valence-electron chi connectivity index (χ2n) is 9.46. The molecule has 0 spiro atoms. The maximum absolute atomic E-state index is 16.0. The lowest BCUT2D eigenvalue weighted by atomic mass is 10.1. The SMILES string of the molecule is Nc1nc2c(ncn2C2(OP(O)(=S)OC[C@H]3OC[C@@](F)(n4nnc5c(N)ncnc54)[C@@H]3O)CO[C@H](CO)[C@H]2O)c(=O)[nH]1. The first kappa shape index (κ1) is 28.8. The van der Waals surface area contributed by atoms with Crippen molar-refractivity contribution in [1.82, 2.24) is 44.5 Å². The van der Waals surface area contributed by atoms with Crippen molar-refractivity contribution >= 4 is 52.6 Å². The van der Waals surface area contributed by atoms with Gasteiger partial charge in [0.25, 0.3) is 11.4 Å². The Kier molecular flexibility index (Phi) is 6.96. The van der Waals surface area contributed by atoms with Gasteiger partial charge in [0.15, 0.2) is 28.1 Å². The second-order valence-corrected chi connectivity index (χ2v) is 12.2. The molecule has 226 valence electrons. The molecule has 2 aliphatic heterocycles. The molecule has 4 aromatic heterocycles. The van der Waals surface area contributed by atoms with Gasteiger partial charge in [-0.2, -0.15) is 9.67 Å². The number of nitrogens with two attached hydrogens (primary N) is 2. The number of aliphatic hydroxyl groups excluding tert-OH is 3. The molecule has 0 aromatic carbocycles. The number of aliphatic hydroxyl groups is 3. The zero-order valence-corrected chi connectivity index (χ0v) is 22.8. The van der Waals surface area contributed by atoms with Gasteiger partial charge in [0.1, 0.15) is 37.4 Å². The number of alkyl halides is 1. The summed E-state index contributed by atoms with van der Waals surface area (Å²) in [5, 5.41) is 39.0. The summed E-state index contributed by atoms with van der Waals surface area (Å²) in [4.78, 5) is 41.3. The van der Waals surface area contributed by atoms with Crippen LogP contribution in [0.25, 0.3) is 22.3 Å². The zero-order chi connectivity index (χ0) is 30.0. The van der Waals surface area contributed by atoms with Crippen LogP contribution in [0.15, 0.2) is 17.4 Å². The fraction of sp³-hybridized carbons (Fsp3) is 0.526. The molecule has 0 radical (unpaired) electrons. The minimum atomic E-state index is -4.42. The number of nitrogen functional groups attached to an aromatic ring is 2. The van der Waals surface area contributed by atoms with Crippen molar-refractivity contribution in [1.29, 1.82) is 0 Å². The minimum absolute atomic E-state index is 0.00904. The number of aromatic nitrogens is 9. The molecule has 6 rings (SSSR count). The van der Waals surface area contributed by atoms with Gasteiger partial charge in [-0.1, -0.05) is 5.21 Å². The molecule has 2 unspecified atom stereocenters. The molecule has 42 heavy (non-hydrogen) atoms. The Morgan fingerprint density at radius 2 is 1.93 bits per heavy atom. The van der Waals surface area contributed by atoms with Gasteiger partial charge in [-0.15, -0.1) is 5.10 Å². The summed E-state index contributed by atoms with van der Waals surface area (Å²) in [6.45, 7) is -6.98. The van der Waals surface area contributed by atoms with E-state index in [0.29, 0.717) is 4.68 Å². The average Bonchev–Trinajstić information content (AvgIpc) is 3.70. The van der Waals surface area contributed by atoms with Crippen LogP contribution in [0.5, 0.6) is 0 Å². The number of nitrogens with one attached hydrogen (secondary N) is 1. The van der Waals surface area contributed by atoms with Gasteiger partial charge in [-0.25, -0.2) is 19.3 Å². The average molecular weight is 632 g/mol. The van der Waals surface area contributed by atoms with Crippen molar-refractivity contribution < 1.29 is 43.1 Å². The van der Waals surface area contributed by atoms with Crippen LogP contribution in [-0.4, -0.2) is 116 Å². The van der Waals surface area contributed by atoms with Crippen molar-refractivity contribution in [3.63, 3.8) is 0 Å². The summed E-state index contributed by atoms with van der Waals surface area (Å²) in [5.74, 6) is -3.00. The number of rotatable bonds is 8. The van der Waals surface area contributed by atoms with E-state index in [1.54, 1.807) is 0 Å².